The van der Waals surface area contributed by atoms with Crippen LogP contribution < -0.4 is 5.32 Å². The Hall–Kier alpha value is -2.93. The summed E-state index contributed by atoms with van der Waals surface area (Å²) < 4.78 is 7.73. The van der Waals surface area contributed by atoms with Crippen molar-refractivity contribution in [2.24, 2.45) is 0 Å². The molecule has 2 aromatic carbocycles. The van der Waals surface area contributed by atoms with E-state index in [1.54, 1.807) is 47.3 Å². The minimum atomic E-state index is -0.556. The van der Waals surface area contributed by atoms with Gasteiger partial charge in [-0.25, -0.2) is 9.48 Å². The molecule has 1 N–H and O–H groups in total. The molecule has 0 aliphatic heterocycles. The summed E-state index contributed by atoms with van der Waals surface area (Å²) in [6, 6.07) is 15.9. The quantitative estimate of drug-likeness (QED) is 0.646. The zero-order chi connectivity index (χ0) is 18.5. The molecule has 0 aliphatic rings. The summed E-state index contributed by atoms with van der Waals surface area (Å²) in [4.78, 5) is 23.9. The number of carbonyl (C=O) groups is 2. The lowest BCUT2D eigenvalue weighted by atomic mass is 10.2. The van der Waals surface area contributed by atoms with E-state index >= 15 is 0 Å². The van der Waals surface area contributed by atoms with Crippen molar-refractivity contribution in [1.82, 2.24) is 9.78 Å². The molecule has 0 saturated heterocycles. The third-order valence-corrected chi connectivity index (χ3v) is 4.17. The number of aryl methyl sites for hydroxylation is 1. The first kappa shape index (κ1) is 17.9. The molecule has 0 bridgehead atoms. The number of carbonyl (C=O) groups excluding carboxylic acids is 2. The number of anilines is 1. The van der Waals surface area contributed by atoms with Gasteiger partial charge in [-0.2, -0.15) is 5.10 Å². The molecular formula is C19H16BrN3O3. The molecule has 1 heterocycles. The maximum absolute atomic E-state index is 12.1. The van der Waals surface area contributed by atoms with Crippen LogP contribution in [0.4, 0.5) is 5.69 Å². The fourth-order valence-corrected chi connectivity index (χ4v) is 2.59. The Balaban J connectivity index is 1.55. The molecule has 0 aliphatic carbocycles. The topological polar surface area (TPSA) is 73.2 Å². The van der Waals surface area contributed by atoms with E-state index in [0.717, 1.165) is 15.9 Å². The lowest BCUT2D eigenvalue weighted by Crippen LogP contribution is -2.20. The highest BCUT2D eigenvalue weighted by Crippen LogP contribution is 2.14. The molecule has 3 aromatic rings. The van der Waals surface area contributed by atoms with E-state index in [9.17, 15) is 9.59 Å². The van der Waals surface area contributed by atoms with Crippen LogP contribution in [0, 0.1) is 6.92 Å². The first-order chi connectivity index (χ1) is 12.5. The van der Waals surface area contributed by atoms with Gasteiger partial charge in [0, 0.05) is 22.1 Å². The van der Waals surface area contributed by atoms with Crippen molar-refractivity contribution >= 4 is 33.5 Å². The van der Waals surface area contributed by atoms with Crippen LogP contribution in [0.15, 0.2) is 65.3 Å². The molecule has 0 unspecified atom stereocenters. The largest absolute Gasteiger partial charge is 0.452 e. The first-order valence-electron chi connectivity index (χ1n) is 7.86. The van der Waals surface area contributed by atoms with E-state index < -0.39 is 11.9 Å². The molecule has 6 nitrogen and oxygen atoms in total. The van der Waals surface area contributed by atoms with Gasteiger partial charge in [0.15, 0.2) is 6.61 Å². The molecule has 0 atom stereocenters. The first-order valence-corrected chi connectivity index (χ1v) is 8.66. The number of nitrogens with zero attached hydrogens (tertiary/aromatic N) is 2. The zero-order valence-corrected chi connectivity index (χ0v) is 15.6. The average Bonchev–Trinajstić information content (AvgIpc) is 3.08. The molecular weight excluding hydrogens is 398 g/mol. The predicted molar refractivity (Wildman–Crippen MR) is 101 cm³/mol. The van der Waals surface area contributed by atoms with Crippen LogP contribution in [0.1, 0.15) is 16.1 Å². The lowest BCUT2D eigenvalue weighted by molar-refractivity contribution is -0.119. The minimum absolute atomic E-state index is 0.352. The van der Waals surface area contributed by atoms with Crippen molar-refractivity contribution in [1.29, 1.82) is 0 Å². The Labute approximate surface area is 158 Å². The molecule has 0 radical (unpaired) electrons. The summed E-state index contributed by atoms with van der Waals surface area (Å²) in [6.07, 6.45) is 1.71. The maximum Gasteiger partial charge on any atom is 0.338 e. The van der Waals surface area contributed by atoms with Gasteiger partial charge in [-0.1, -0.05) is 15.9 Å². The normalized spacial score (nSPS) is 10.4. The van der Waals surface area contributed by atoms with Gasteiger partial charge in [0.1, 0.15) is 0 Å². The monoisotopic (exact) mass is 413 g/mol. The number of ether oxygens (including phenoxy) is 1. The van der Waals surface area contributed by atoms with Crippen LogP contribution in [0.25, 0.3) is 5.69 Å². The number of hydrogen-bond donors (Lipinski definition) is 1. The van der Waals surface area contributed by atoms with Gasteiger partial charge in [0.25, 0.3) is 5.91 Å². The number of aromatic nitrogens is 2. The third kappa shape index (κ3) is 4.37. The van der Waals surface area contributed by atoms with E-state index in [2.05, 4.69) is 26.3 Å². The maximum atomic E-state index is 12.1. The Kier molecular flexibility index (Phi) is 5.48. The lowest BCUT2D eigenvalue weighted by Gasteiger charge is -2.08. The highest BCUT2D eigenvalue weighted by molar-refractivity contribution is 9.10. The number of hydrogen-bond acceptors (Lipinski definition) is 4. The second-order valence-electron chi connectivity index (χ2n) is 5.56. The summed E-state index contributed by atoms with van der Waals surface area (Å²) in [5.41, 5.74) is 2.84. The number of esters is 1. The van der Waals surface area contributed by atoms with E-state index in [1.807, 2.05) is 25.1 Å². The van der Waals surface area contributed by atoms with Crippen molar-refractivity contribution in [3.63, 3.8) is 0 Å². The molecule has 1 aromatic heterocycles. The fourth-order valence-electron chi connectivity index (χ4n) is 2.32. The average molecular weight is 414 g/mol. The van der Waals surface area contributed by atoms with Crippen molar-refractivity contribution in [3.8, 4) is 5.69 Å². The summed E-state index contributed by atoms with van der Waals surface area (Å²) in [5.74, 6) is -0.954. The number of halogens is 1. The van der Waals surface area contributed by atoms with Crippen LogP contribution in [0.2, 0.25) is 0 Å². The minimum Gasteiger partial charge on any atom is -0.452 e. The van der Waals surface area contributed by atoms with Crippen molar-refractivity contribution in [3.05, 3.63) is 76.5 Å². The molecule has 0 spiro atoms. The number of benzene rings is 2. The molecule has 7 heteroatoms. The van der Waals surface area contributed by atoms with E-state index in [4.69, 9.17) is 4.74 Å². The molecule has 1 amide bonds. The fraction of sp³-hybridized carbons (Fsp3) is 0.105. The summed E-state index contributed by atoms with van der Waals surface area (Å²) in [6.45, 7) is 1.59. The SMILES string of the molecule is Cc1ccnn1-c1ccc(C(=O)OCC(=O)Nc2ccc(Br)cc2)cc1. The Bertz CT molecular complexity index is 918. The van der Waals surface area contributed by atoms with Gasteiger partial charge in [0.05, 0.1) is 11.3 Å². The summed E-state index contributed by atoms with van der Waals surface area (Å²) >= 11 is 3.32. The molecule has 0 fully saturated rings. The van der Waals surface area contributed by atoms with E-state index in [0.29, 0.717) is 11.3 Å². The summed E-state index contributed by atoms with van der Waals surface area (Å²) in [5, 5.41) is 6.87. The van der Waals surface area contributed by atoms with E-state index in [-0.39, 0.29) is 6.61 Å². The smallest absolute Gasteiger partial charge is 0.338 e. The molecule has 132 valence electrons. The Morgan fingerprint density at radius 1 is 1.08 bits per heavy atom. The van der Waals surface area contributed by atoms with Crippen LogP contribution in [-0.4, -0.2) is 28.3 Å². The third-order valence-electron chi connectivity index (χ3n) is 3.64. The second-order valence-corrected chi connectivity index (χ2v) is 6.48. The van der Waals surface area contributed by atoms with Gasteiger partial charge in [-0.3, -0.25) is 4.79 Å². The van der Waals surface area contributed by atoms with Crippen LogP contribution in [-0.2, 0) is 9.53 Å². The molecule has 26 heavy (non-hydrogen) atoms. The van der Waals surface area contributed by atoms with Gasteiger partial charge in [-0.05, 0) is 61.5 Å². The van der Waals surface area contributed by atoms with Gasteiger partial charge >= 0.3 is 5.97 Å². The predicted octanol–water partition coefficient (Wildman–Crippen LogP) is 3.74. The molecule has 3 rings (SSSR count). The van der Waals surface area contributed by atoms with Crippen LogP contribution in [0.3, 0.4) is 0 Å². The number of rotatable bonds is 5. The van der Waals surface area contributed by atoms with Gasteiger partial charge in [-0.15, -0.1) is 0 Å². The van der Waals surface area contributed by atoms with Crippen LogP contribution >= 0.6 is 15.9 Å². The van der Waals surface area contributed by atoms with Crippen molar-refractivity contribution < 1.29 is 14.3 Å². The summed E-state index contributed by atoms with van der Waals surface area (Å²) in [7, 11) is 0. The zero-order valence-electron chi connectivity index (χ0n) is 14.0. The number of nitrogens with one attached hydrogen (secondary N) is 1. The highest BCUT2D eigenvalue weighted by Gasteiger charge is 2.11. The van der Waals surface area contributed by atoms with E-state index in [1.165, 1.54) is 0 Å². The van der Waals surface area contributed by atoms with Gasteiger partial charge < -0.3 is 10.1 Å². The van der Waals surface area contributed by atoms with Crippen molar-refractivity contribution in [2.45, 2.75) is 6.92 Å². The van der Waals surface area contributed by atoms with Gasteiger partial charge in [0.2, 0.25) is 0 Å². The van der Waals surface area contributed by atoms with Crippen molar-refractivity contribution in [2.75, 3.05) is 11.9 Å². The standard InChI is InChI=1S/C19H16BrN3O3/c1-13-10-11-21-23(13)17-8-2-14(3-9-17)19(25)26-12-18(24)22-16-6-4-15(20)5-7-16/h2-11H,12H2,1H3,(H,22,24). The second kappa shape index (κ2) is 7.97. The number of amides is 1. The highest BCUT2D eigenvalue weighted by atomic mass is 79.9. The van der Waals surface area contributed by atoms with Crippen LogP contribution in [0.5, 0.6) is 0 Å². The Morgan fingerprint density at radius 3 is 2.38 bits per heavy atom. The molecule has 0 saturated carbocycles. The Morgan fingerprint density at radius 2 is 1.77 bits per heavy atom.